The summed E-state index contributed by atoms with van der Waals surface area (Å²) in [7, 11) is 1.77. The third-order valence-electron chi connectivity index (χ3n) is 5.39. The molecule has 9 atom stereocenters. The van der Waals surface area contributed by atoms with E-state index in [0.717, 1.165) is 0 Å². The number of ether oxygens (including phenoxy) is 3. The molecule has 3 rings (SSSR count). The third-order valence-corrected chi connectivity index (χ3v) is 6.59. The second kappa shape index (κ2) is 4.72. The number of hydrogen-bond acceptors (Lipinski definition) is 3. The molecule has 0 spiro atoms. The highest BCUT2D eigenvalue weighted by Crippen LogP contribution is 2.58. The van der Waals surface area contributed by atoms with Crippen LogP contribution in [0.25, 0.3) is 0 Å². The molecule has 1 saturated heterocycles. The molecule has 3 nitrogen and oxygen atoms in total. The Balaban J connectivity index is 1.91. The fraction of sp³-hybridized carbons (Fsp3) is 1.00. The van der Waals surface area contributed by atoms with Crippen molar-refractivity contribution in [1.82, 2.24) is 0 Å². The van der Waals surface area contributed by atoms with Gasteiger partial charge < -0.3 is 14.2 Å². The molecule has 2 bridgehead atoms. The van der Waals surface area contributed by atoms with Gasteiger partial charge in [-0.1, -0.05) is 22.9 Å². The molecular formula is C14H23BrO3. The summed E-state index contributed by atoms with van der Waals surface area (Å²) >= 11 is 3.87. The van der Waals surface area contributed by atoms with Crippen LogP contribution in [0.3, 0.4) is 0 Å². The van der Waals surface area contributed by atoms with Crippen molar-refractivity contribution in [3.8, 4) is 0 Å². The quantitative estimate of drug-likeness (QED) is 0.696. The minimum Gasteiger partial charge on any atom is -0.371 e. The predicted octanol–water partition coefficient (Wildman–Crippen LogP) is 2.82. The van der Waals surface area contributed by atoms with Crippen LogP contribution in [0, 0.1) is 23.7 Å². The molecule has 0 aromatic heterocycles. The van der Waals surface area contributed by atoms with Gasteiger partial charge in [0, 0.05) is 17.9 Å². The molecule has 0 N–H and O–H groups in total. The predicted molar refractivity (Wildman–Crippen MR) is 72.6 cm³/mol. The van der Waals surface area contributed by atoms with Crippen LogP contribution in [0.2, 0.25) is 0 Å². The first-order chi connectivity index (χ1) is 8.54. The Labute approximate surface area is 118 Å². The maximum atomic E-state index is 6.25. The Bertz CT molecular complexity index is 324. The summed E-state index contributed by atoms with van der Waals surface area (Å²) in [4.78, 5) is 0.499. The number of alkyl halides is 1. The van der Waals surface area contributed by atoms with E-state index in [1.807, 2.05) is 0 Å². The third kappa shape index (κ3) is 1.80. The van der Waals surface area contributed by atoms with Gasteiger partial charge in [-0.25, -0.2) is 0 Å². The Hall–Kier alpha value is 0.360. The van der Waals surface area contributed by atoms with E-state index in [4.69, 9.17) is 14.2 Å². The van der Waals surface area contributed by atoms with E-state index in [1.165, 1.54) is 6.42 Å². The van der Waals surface area contributed by atoms with Crippen molar-refractivity contribution in [1.29, 1.82) is 0 Å². The summed E-state index contributed by atoms with van der Waals surface area (Å²) < 4.78 is 18.0. The molecule has 4 heteroatoms. The van der Waals surface area contributed by atoms with Crippen molar-refractivity contribution in [3.05, 3.63) is 0 Å². The lowest BCUT2D eigenvalue weighted by Crippen LogP contribution is -2.51. The summed E-state index contributed by atoms with van der Waals surface area (Å²) in [5, 5.41) is 0. The Morgan fingerprint density at radius 3 is 2.33 bits per heavy atom. The molecule has 3 aliphatic rings. The normalized spacial score (nSPS) is 59.5. The van der Waals surface area contributed by atoms with Crippen LogP contribution < -0.4 is 0 Å². The zero-order valence-corrected chi connectivity index (χ0v) is 13.1. The van der Waals surface area contributed by atoms with E-state index in [2.05, 4.69) is 36.7 Å². The second-order valence-corrected chi connectivity index (χ2v) is 7.25. The lowest BCUT2D eigenvalue weighted by atomic mass is 9.78. The lowest BCUT2D eigenvalue weighted by Gasteiger charge is -2.45. The van der Waals surface area contributed by atoms with Crippen molar-refractivity contribution < 1.29 is 14.2 Å². The number of methoxy groups -OCH3 is 1. The van der Waals surface area contributed by atoms with Crippen LogP contribution in [0.15, 0.2) is 0 Å². The molecular weight excluding hydrogens is 296 g/mol. The average molecular weight is 319 g/mol. The van der Waals surface area contributed by atoms with Gasteiger partial charge in [0.15, 0.2) is 6.29 Å². The first-order valence-corrected chi connectivity index (χ1v) is 7.94. The summed E-state index contributed by atoms with van der Waals surface area (Å²) in [5.74, 6) is 2.40. The van der Waals surface area contributed by atoms with Crippen LogP contribution in [-0.2, 0) is 14.2 Å². The zero-order chi connectivity index (χ0) is 13.0. The monoisotopic (exact) mass is 318 g/mol. The molecule has 1 aliphatic heterocycles. The molecule has 2 aliphatic carbocycles. The van der Waals surface area contributed by atoms with Crippen molar-refractivity contribution in [2.24, 2.45) is 23.7 Å². The second-order valence-electron chi connectivity index (χ2n) is 6.20. The first kappa shape index (κ1) is 13.3. The van der Waals surface area contributed by atoms with E-state index in [9.17, 15) is 0 Å². The zero-order valence-electron chi connectivity index (χ0n) is 11.5. The van der Waals surface area contributed by atoms with Gasteiger partial charge in [0.1, 0.15) is 0 Å². The van der Waals surface area contributed by atoms with Crippen LogP contribution in [0.4, 0.5) is 0 Å². The Morgan fingerprint density at radius 1 is 1.06 bits per heavy atom. The molecule has 1 heterocycles. The Kier molecular flexibility index (Phi) is 3.50. The van der Waals surface area contributed by atoms with Gasteiger partial charge in [-0.05, 0) is 38.0 Å². The molecule has 2 saturated carbocycles. The number of hydrogen-bond donors (Lipinski definition) is 0. The summed E-state index contributed by atoms with van der Waals surface area (Å²) in [5.41, 5.74) is 0. The van der Waals surface area contributed by atoms with Crippen molar-refractivity contribution in [2.75, 3.05) is 7.11 Å². The van der Waals surface area contributed by atoms with Crippen LogP contribution >= 0.6 is 15.9 Å². The molecule has 0 radical (unpaired) electrons. The highest BCUT2D eigenvalue weighted by atomic mass is 79.9. The summed E-state index contributed by atoms with van der Waals surface area (Å²) in [6, 6.07) is 0. The van der Waals surface area contributed by atoms with Gasteiger partial charge in [-0.3, -0.25) is 0 Å². The van der Waals surface area contributed by atoms with E-state index in [0.29, 0.717) is 34.6 Å². The van der Waals surface area contributed by atoms with Gasteiger partial charge in [0.2, 0.25) is 0 Å². The maximum Gasteiger partial charge on any atom is 0.161 e. The topological polar surface area (TPSA) is 27.7 Å². The van der Waals surface area contributed by atoms with Gasteiger partial charge in [-0.15, -0.1) is 0 Å². The van der Waals surface area contributed by atoms with Crippen molar-refractivity contribution >= 4 is 15.9 Å². The van der Waals surface area contributed by atoms with Crippen LogP contribution in [-0.4, -0.2) is 36.5 Å². The number of fused-ring (bicyclic) bond motifs is 1. The highest BCUT2D eigenvalue weighted by molar-refractivity contribution is 9.09. The fourth-order valence-corrected chi connectivity index (χ4v) is 5.44. The lowest BCUT2D eigenvalue weighted by molar-refractivity contribution is -0.252. The molecule has 0 amide bonds. The van der Waals surface area contributed by atoms with Crippen molar-refractivity contribution in [3.63, 3.8) is 0 Å². The molecule has 0 aromatic carbocycles. The Morgan fingerprint density at radius 2 is 1.72 bits per heavy atom. The number of rotatable bonds is 1. The van der Waals surface area contributed by atoms with Gasteiger partial charge >= 0.3 is 0 Å². The van der Waals surface area contributed by atoms with E-state index in [1.54, 1.807) is 7.11 Å². The van der Waals surface area contributed by atoms with Crippen LogP contribution in [0.5, 0.6) is 0 Å². The maximum absolute atomic E-state index is 6.25. The van der Waals surface area contributed by atoms with Crippen molar-refractivity contribution in [2.45, 2.75) is 56.6 Å². The molecule has 0 unspecified atom stereocenters. The minimum atomic E-state index is -0.0705. The highest BCUT2D eigenvalue weighted by Gasteiger charge is 2.60. The van der Waals surface area contributed by atoms with Gasteiger partial charge in [0.25, 0.3) is 0 Å². The standard InChI is InChI=1S/C14H23BrO3/c1-6-9-5-10-11(6)14(16-4)18-8(3)7(2)17-13(10)12(9)15/h6-14H,5H2,1-4H3/t6-,7-,8+,9-,10-,11+,12+,13+,14+/m0/s1. The number of halogens is 1. The van der Waals surface area contributed by atoms with E-state index in [-0.39, 0.29) is 18.5 Å². The summed E-state index contributed by atoms with van der Waals surface area (Å²) in [6.07, 6.45) is 1.72. The fourth-order valence-electron chi connectivity index (χ4n) is 4.22. The van der Waals surface area contributed by atoms with E-state index < -0.39 is 0 Å². The van der Waals surface area contributed by atoms with Crippen LogP contribution in [0.1, 0.15) is 27.2 Å². The smallest absolute Gasteiger partial charge is 0.161 e. The average Bonchev–Trinajstić information content (AvgIpc) is 2.81. The van der Waals surface area contributed by atoms with Gasteiger partial charge in [0.05, 0.1) is 18.3 Å². The molecule has 18 heavy (non-hydrogen) atoms. The first-order valence-electron chi connectivity index (χ1n) is 7.02. The van der Waals surface area contributed by atoms with E-state index >= 15 is 0 Å². The summed E-state index contributed by atoms with van der Waals surface area (Å²) in [6.45, 7) is 6.52. The largest absolute Gasteiger partial charge is 0.371 e. The molecule has 104 valence electrons. The minimum absolute atomic E-state index is 0.0705. The SMILES string of the molecule is CO[C@@H]1O[C@H](C)[C@H](C)O[C@H]2[C@H](Br)[C@H]3C[C@H]2[C@H]1[C@H]3C. The van der Waals surface area contributed by atoms with Gasteiger partial charge in [-0.2, -0.15) is 0 Å². The molecule has 3 fully saturated rings. The molecule has 0 aromatic rings.